The molecular weight excluding hydrogens is 376 g/mol. The molecule has 0 fully saturated rings. The summed E-state index contributed by atoms with van der Waals surface area (Å²) in [6, 6.07) is 1.55. The highest BCUT2D eigenvalue weighted by Crippen LogP contribution is 2.38. The first-order chi connectivity index (χ1) is 13.5. The summed E-state index contributed by atoms with van der Waals surface area (Å²) in [5, 5.41) is 3.83. The van der Waals surface area contributed by atoms with E-state index in [9.17, 15) is 13.2 Å². The van der Waals surface area contributed by atoms with Gasteiger partial charge in [0.15, 0.2) is 0 Å². The Hall–Kier alpha value is -2.61. The molecule has 0 saturated heterocycles. The van der Waals surface area contributed by atoms with Crippen LogP contribution in [0.25, 0.3) is 6.08 Å². The van der Waals surface area contributed by atoms with Gasteiger partial charge in [-0.15, -0.1) is 0 Å². The maximum atomic E-state index is 12.5. The summed E-state index contributed by atoms with van der Waals surface area (Å²) in [7, 11) is -3.91. The van der Waals surface area contributed by atoms with Crippen LogP contribution < -0.4 is 10.0 Å². The standard InChI is InChI=1S/C20H24N4O3S/c1-2-24-13-21-12-16(24)9-10-28(26,27)23-20(25)22-19-17-7-3-5-14(17)11-15-6-4-8-18(15)19/h9-13H,2-8H2,1H3,(H2,22,23,25)/b10-9+. The minimum atomic E-state index is -3.91. The summed E-state index contributed by atoms with van der Waals surface area (Å²) in [5.74, 6) is 0. The van der Waals surface area contributed by atoms with Crippen LogP contribution in [0.4, 0.5) is 10.5 Å². The molecular formula is C20H24N4O3S. The number of carbonyl (C=O) groups excluding carboxylic acids is 1. The Balaban J connectivity index is 1.51. The number of urea groups is 1. The summed E-state index contributed by atoms with van der Waals surface area (Å²) in [6.45, 7) is 2.62. The van der Waals surface area contributed by atoms with E-state index in [-0.39, 0.29) is 0 Å². The van der Waals surface area contributed by atoms with E-state index in [4.69, 9.17) is 0 Å². The van der Waals surface area contributed by atoms with Crippen LogP contribution in [0.3, 0.4) is 0 Å². The van der Waals surface area contributed by atoms with Gasteiger partial charge in [0.1, 0.15) is 0 Å². The lowest BCUT2D eigenvalue weighted by Gasteiger charge is -2.16. The van der Waals surface area contributed by atoms with Gasteiger partial charge in [-0.25, -0.2) is 22.9 Å². The van der Waals surface area contributed by atoms with Crippen LogP contribution in [0, 0.1) is 0 Å². The van der Waals surface area contributed by atoms with E-state index in [0.717, 1.165) is 60.7 Å². The van der Waals surface area contributed by atoms with Gasteiger partial charge in [0.05, 0.1) is 23.6 Å². The molecule has 1 aromatic carbocycles. The van der Waals surface area contributed by atoms with E-state index in [0.29, 0.717) is 12.2 Å². The molecule has 2 aromatic rings. The van der Waals surface area contributed by atoms with E-state index < -0.39 is 16.1 Å². The lowest BCUT2D eigenvalue weighted by molar-refractivity contribution is 0.256. The first kappa shape index (κ1) is 18.7. The Labute approximate surface area is 164 Å². The molecule has 0 radical (unpaired) electrons. The SMILES string of the molecule is CCn1cncc1/C=C/S(=O)(=O)NC(=O)Nc1c2c(cc3c1CCC3)CCC2. The van der Waals surface area contributed by atoms with Crippen molar-refractivity contribution >= 4 is 27.8 Å². The van der Waals surface area contributed by atoms with Gasteiger partial charge < -0.3 is 9.88 Å². The van der Waals surface area contributed by atoms with Crippen LogP contribution >= 0.6 is 0 Å². The molecule has 1 heterocycles. The molecule has 148 valence electrons. The van der Waals surface area contributed by atoms with Crippen molar-refractivity contribution in [1.29, 1.82) is 0 Å². The second kappa shape index (κ2) is 7.43. The van der Waals surface area contributed by atoms with Crippen molar-refractivity contribution in [2.45, 2.75) is 52.0 Å². The fourth-order valence-electron chi connectivity index (χ4n) is 4.16. The van der Waals surface area contributed by atoms with Gasteiger partial charge in [-0.2, -0.15) is 0 Å². The largest absolute Gasteiger partial charge is 0.333 e. The molecule has 2 aliphatic rings. The molecule has 4 rings (SSSR count). The number of aryl methyl sites for hydroxylation is 3. The van der Waals surface area contributed by atoms with Gasteiger partial charge in [-0.05, 0) is 73.8 Å². The number of nitrogens with one attached hydrogen (secondary N) is 2. The number of sulfonamides is 1. The van der Waals surface area contributed by atoms with Crippen LogP contribution in [-0.4, -0.2) is 24.0 Å². The summed E-state index contributed by atoms with van der Waals surface area (Å²) in [6.07, 6.45) is 10.7. The highest BCUT2D eigenvalue weighted by atomic mass is 32.2. The normalized spacial score (nSPS) is 15.6. The van der Waals surface area contributed by atoms with Crippen molar-refractivity contribution in [2.75, 3.05) is 5.32 Å². The summed E-state index contributed by atoms with van der Waals surface area (Å²) >= 11 is 0. The maximum absolute atomic E-state index is 12.5. The number of nitrogens with zero attached hydrogens (tertiary/aromatic N) is 2. The topological polar surface area (TPSA) is 93.1 Å². The van der Waals surface area contributed by atoms with Crippen molar-refractivity contribution in [2.24, 2.45) is 0 Å². The third kappa shape index (κ3) is 3.69. The highest BCUT2D eigenvalue weighted by molar-refractivity contribution is 7.93. The fourth-order valence-corrected chi connectivity index (χ4v) is 4.86. The van der Waals surface area contributed by atoms with Crippen LogP contribution in [0.5, 0.6) is 0 Å². The first-order valence-electron chi connectivity index (χ1n) is 9.65. The van der Waals surface area contributed by atoms with Crippen molar-refractivity contribution < 1.29 is 13.2 Å². The van der Waals surface area contributed by atoms with Crippen molar-refractivity contribution in [1.82, 2.24) is 14.3 Å². The predicted octanol–water partition coefficient (Wildman–Crippen LogP) is 3.00. The number of hydrogen-bond donors (Lipinski definition) is 2. The zero-order valence-corrected chi connectivity index (χ0v) is 16.7. The number of carbonyl (C=O) groups is 1. The summed E-state index contributed by atoms with van der Waals surface area (Å²) in [4.78, 5) is 16.5. The predicted molar refractivity (Wildman–Crippen MR) is 109 cm³/mol. The molecule has 1 aromatic heterocycles. The number of benzene rings is 1. The highest BCUT2D eigenvalue weighted by Gasteiger charge is 2.25. The molecule has 0 spiro atoms. The summed E-state index contributed by atoms with van der Waals surface area (Å²) in [5.41, 5.74) is 6.37. The van der Waals surface area contributed by atoms with Gasteiger partial charge in [0.25, 0.3) is 10.0 Å². The number of fused-ring (bicyclic) bond motifs is 2. The molecule has 0 saturated carbocycles. The maximum Gasteiger partial charge on any atom is 0.333 e. The Morgan fingerprint density at radius 2 is 1.86 bits per heavy atom. The smallest absolute Gasteiger partial charge is 0.331 e. The zero-order valence-electron chi connectivity index (χ0n) is 15.9. The zero-order chi connectivity index (χ0) is 19.7. The number of hydrogen-bond acceptors (Lipinski definition) is 4. The number of aromatic nitrogens is 2. The van der Waals surface area contributed by atoms with Crippen LogP contribution in [0.15, 0.2) is 24.0 Å². The quantitative estimate of drug-likeness (QED) is 0.807. The number of amides is 2. The number of anilines is 1. The molecule has 0 unspecified atom stereocenters. The Bertz CT molecular complexity index is 1020. The molecule has 0 bridgehead atoms. The van der Waals surface area contributed by atoms with E-state index in [1.165, 1.54) is 17.2 Å². The van der Waals surface area contributed by atoms with Gasteiger partial charge in [-0.3, -0.25) is 0 Å². The Morgan fingerprint density at radius 3 is 2.50 bits per heavy atom. The van der Waals surface area contributed by atoms with Crippen molar-refractivity contribution in [3.8, 4) is 0 Å². The molecule has 2 aliphatic carbocycles. The van der Waals surface area contributed by atoms with E-state index >= 15 is 0 Å². The Morgan fingerprint density at radius 1 is 1.18 bits per heavy atom. The molecule has 2 amide bonds. The Kier molecular flexibility index (Phi) is 4.97. The lowest BCUT2D eigenvalue weighted by atomic mass is 9.99. The van der Waals surface area contributed by atoms with Crippen LogP contribution in [0.2, 0.25) is 0 Å². The third-order valence-corrected chi connectivity index (χ3v) is 6.41. The number of rotatable bonds is 5. The van der Waals surface area contributed by atoms with Crippen molar-refractivity contribution in [3.63, 3.8) is 0 Å². The van der Waals surface area contributed by atoms with E-state index in [1.807, 2.05) is 11.5 Å². The average Bonchev–Trinajstić information content (AvgIpc) is 3.39. The van der Waals surface area contributed by atoms with Gasteiger partial charge in [0, 0.05) is 12.2 Å². The van der Waals surface area contributed by atoms with Gasteiger partial charge >= 0.3 is 6.03 Å². The minimum Gasteiger partial charge on any atom is -0.331 e. The second-order valence-corrected chi connectivity index (χ2v) is 8.81. The molecule has 2 N–H and O–H groups in total. The summed E-state index contributed by atoms with van der Waals surface area (Å²) < 4.78 is 28.5. The number of imidazole rings is 1. The van der Waals surface area contributed by atoms with Gasteiger partial charge in [-0.1, -0.05) is 6.07 Å². The monoisotopic (exact) mass is 400 g/mol. The first-order valence-corrected chi connectivity index (χ1v) is 11.2. The molecule has 7 nitrogen and oxygen atoms in total. The average molecular weight is 401 g/mol. The molecule has 0 aliphatic heterocycles. The second-order valence-electron chi connectivity index (χ2n) is 7.24. The molecule has 8 heteroatoms. The molecule has 0 atom stereocenters. The van der Waals surface area contributed by atoms with Crippen LogP contribution in [-0.2, 0) is 42.3 Å². The van der Waals surface area contributed by atoms with E-state index in [1.54, 1.807) is 12.5 Å². The minimum absolute atomic E-state index is 0.659. The molecule has 28 heavy (non-hydrogen) atoms. The van der Waals surface area contributed by atoms with Crippen LogP contribution in [0.1, 0.15) is 47.7 Å². The lowest BCUT2D eigenvalue weighted by Crippen LogP contribution is -2.33. The van der Waals surface area contributed by atoms with E-state index in [2.05, 4.69) is 21.1 Å². The van der Waals surface area contributed by atoms with Crippen molar-refractivity contribution in [3.05, 3.63) is 51.9 Å². The third-order valence-electron chi connectivity index (χ3n) is 5.45. The fraction of sp³-hybridized carbons (Fsp3) is 0.400. The van der Waals surface area contributed by atoms with Gasteiger partial charge in [0.2, 0.25) is 0 Å².